The van der Waals surface area contributed by atoms with Crippen LogP contribution in [0.1, 0.15) is 59.1 Å². The normalized spacial score (nSPS) is 25.5. The van der Waals surface area contributed by atoms with Crippen molar-refractivity contribution in [2.24, 2.45) is 11.3 Å². The molecule has 1 heteroatoms. The van der Waals surface area contributed by atoms with Gasteiger partial charge in [0, 0.05) is 12.6 Å². The highest BCUT2D eigenvalue weighted by atomic mass is 14.9. The standard InChI is InChI=1S/C18H29N/c1-13(2)16-18(5,6)12-17(3,4)15-10-8-7-9-14(15)11-19-16/h7-10,13,16,19H,11-12H2,1-6H3. The zero-order chi connectivity index (χ0) is 14.3. The van der Waals surface area contributed by atoms with Gasteiger partial charge in [0.1, 0.15) is 0 Å². The van der Waals surface area contributed by atoms with Gasteiger partial charge in [-0.2, -0.15) is 0 Å². The molecule has 1 aromatic carbocycles. The summed E-state index contributed by atoms with van der Waals surface area (Å²) in [5, 5.41) is 3.81. The zero-order valence-electron chi connectivity index (χ0n) is 13.4. The van der Waals surface area contributed by atoms with Crippen LogP contribution in [0.3, 0.4) is 0 Å². The van der Waals surface area contributed by atoms with Crippen LogP contribution in [0, 0.1) is 11.3 Å². The van der Waals surface area contributed by atoms with Crippen LogP contribution in [0.4, 0.5) is 0 Å². The predicted octanol–water partition coefficient (Wildman–Crippen LogP) is 4.51. The first-order valence-electron chi connectivity index (χ1n) is 7.56. The Balaban J connectivity index is 2.45. The predicted molar refractivity (Wildman–Crippen MR) is 83.3 cm³/mol. The first-order chi connectivity index (χ1) is 8.74. The van der Waals surface area contributed by atoms with E-state index >= 15 is 0 Å². The van der Waals surface area contributed by atoms with Gasteiger partial charge in [-0.3, -0.25) is 0 Å². The minimum absolute atomic E-state index is 0.245. The maximum absolute atomic E-state index is 3.81. The molecule has 0 saturated heterocycles. The van der Waals surface area contributed by atoms with Crippen molar-refractivity contribution in [3.05, 3.63) is 35.4 Å². The van der Waals surface area contributed by atoms with E-state index in [4.69, 9.17) is 0 Å². The molecule has 0 fully saturated rings. The number of hydrogen-bond donors (Lipinski definition) is 1. The second-order valence-electron chi connectivity index (χ2n) is 7.81. The van der Waals surface area contributed by atoms with Crippen LogP contribution >= 0.6 is 0 Å². The van der Waals surface area contributed by atoms with Crippen LogP contribution in [0.15, 0.2) is 24.3 Å². The molecule has 0 bridgehead atoms. The van der Waals surface area contributed by atoms with Gasteiger partial charge in [0.25, 0.3) is 0 Å². The van der Waals surface area contributed by atoms with E-state index in [1.165, 1.54) is 17.5 Å². The van der Waals surface area contributed by atoms with E-state index in [1.807, 2.05) is 0 Å². The molecule has 1 heterocycles. The Labute approximate surface area is 118 Å². The lowest BCUT2D eigenvalue weighted by molar-refractivity contribution is 0.136. The van der Waals surface area contributed by atoms with Gasteiger partial charge < -0.3 is 5.32 Å². The Hall–Kier alpha value is -0.820. The fourth-order valence-corrected chi connectivity index (χ4v) is 4.31. The summed E-state index contributed by atoms with van der Waals surface area (Å²) in [6.07, 6.45) is 1.22. The largest absolute Gasteiger partial charge is 0.309 e. The van der Waals surface area contributed by atoms with Gasteiger partial charge >= 0.3 is 0 Å². The second-order valence-corrected chi connectivity index (χ2v) is 7.81. The molecule has 0 aromatic heterocycles. The summed E-state index contributed by atoms with van der Waals surface area (Å²) < 4.78 is 0. The number of rotatable bonds is 1. The van der Waals surface area contributed by atoms with Gasteiger partial charge in [-0.05, 0) is 34.3 Å². The maximum Gasteiger partial charge on any atom is 0.0211 e. The lowest BCUT2D eigenvalue weighted by Gasteiger charge is -2.45. The second kappa shape index (κ2) is 4.94. The molecular formula is C18H29N. The molecule has 0 aliphatic carbocycles. The highest BCUT2D eigenvalue weighted by Gasteiger charge is 2.39. The van der Waals surface area contributed by atoms with Gasteiger partial charge in [0.15, 0.2) is 0 Å². The summed E-state index contributed by atoms with van der Waals surface area (Å²) in [5.74, 6) is 0.663. The van der Waals surface area contributed by atoms with E-state index in [0.717, 1.165) is 6.54 Å². The summed E-state index contributed by atoms with van der Waals surface area (Å²) in [6, 6.07) is 9.49. The molecule has 1 aliphatic rings. The van der Waals surface area contributed by atoms with E-state index in [2.05, 4.69) is 71.1 Å². The van der Waals surface area contributed by atoms with Crippen molar-refractivity contribution in [2.45, 2.75) is 66.0 Å². The maximum atomic E-state index is 3.81. The molecule has 1 atom stereocenters. The minimum atomic E-state index is 0.245. The van der Waals surface area contributed by atoms with Gasteiger partial charge in [-0.25, -0.2) is 0 Å². The average molecular weight is 259 g/mol. The first kappa shape index (κ1) is 14.6. The summed E-state index contributed by atoms with van der Waals surface area (Å²) in [5.41, 5.74) is 3.53. The SMILES string of the molecule is CC(C)C1NCc2ccccc2C(C)(C)CC1(C)C. The molecular weight excluding hydrogens is 230 g/mol. The molecule has 0 radical (unpaired) electrons. The van der Waals surface area contributed by atoms with E-state index < -0.39 is 0 Å². The van der Waals surface area contributed by atoms with Crippen molar-refractivity contribution in [2.75, 3.05) is 0 Å². The smallest absolute Gasteiger partial charge is 0.0211 e. The monoisotopic (exact) mass is 259 g/mol. The molecule has 19 heavy (non-hydrogen) atoms. The average Bonchev–Trinajstić information content (AvgIpc) is 2.26. The Morgan fingerprint density at radius 2 is 1.74 bits per heavy atom. The van der Waals surface area contributed by atoms with Crippen molar-refractivity contribution in [3.63, 3.8) is 0 Å². The fourth-order valence-electron chi connectivity index (χ4n) is 4.31. The topological polar surface area (TPSA) is 12.0 Å². The third-order valence-electron chi connectivity index (χ3n) is 4.67. The molecule has 1 unspecified atom stereocenters. The van der Waals surface area contributed by atoms with E-state index in [9.17, 15) is 0 Å². The molecule has 106 valence electrons. The molecule has 1 aliphatic heterocycles. The van der Waals surface area contributed by atoms with E-state index in [-0.39, 0.29) is 5.41 Å². The fraction of sp³-hybridized carbons (Fsp3) is 0.667. The van der Waals surface area contributed by atoms with Gasteiger partial charge in [0.2, 0.25) is 0 Å². The number of nitrogens with one attached hydrogen (secondary N) is 1. The van der Waals surface area contributed by atoms with Crippen LogP contribution < -0.4 is 5.32 Å². The number of hydrogen-bond acceptors (Lipinski definition) is 1. The zero-order valence-corrected chi connectivity index (χ0v) is 13.4. The van der Waals surface area contributed by atoms with Crippen LogP contribution in [0.5, 0.6) is 0 Å². The molecule has 2 rings (SSSR count). The quantitative estimate of drug-likeness (QED) is 0.782. The number of benzene rings is 1. The van der Waals surface area contributed by atoms with Crippen molar-refractivity contribution >= 4 is 0 Å². The van der Waals surface area contributed by atoms with Crippen molar-refractivity contribution in [3.8, 4) is 0 Å². The van der Waals surface area contributed by atoms with Crippen LogP contribution in [0.25, 0.3) is 0 Å². The molecule has 1 aromatic rings. The summed E-state index contributed by atoms with van der Waals surface area (Å²) in [6.45, 7) is 15.3. The molecule has 1 nitrogen and oxygen atoms in total. The van der Waals surface area contributed by atoms with E-state index in [0.29, 0.717) is 17.4 Å². The Morgan fingerprint density at radius 3 is 2.37 bits per heavy atom. The highest BCUT2D eigenvalue weighted by Crippen LogP contribution is 2.43. The Morgan fingerprint density at radius 1 is 1.11 bits per heavy atom. The van der Waals surface area contributed by atoms with Crippen LogP contribution in [-0.4, -0.2) is 6.04 Å². The molecule has 0 amide bonds. The summed E-state index contributed by atoms with van der Waals surface area (Å²) >= 11 is 0. The third-order valence-corrected chi connectivity index (χ3v) is 4.67. The molecule has 0 saturated carbocycles. The van der Waals surface area contributed by atoms with Crippen LogP contribution in [-0.2, 0) is 12.0 Å². The molecule has 1 N–H and O–H groups in total. The summed E-state index contributed by atoms with van der Waals surface area (Å²) in [4.78, 5) is 0. The van der Waals surface area contributed by atoms with Gasteiger partial charge in [-0.1, -0.05) is 65.8 Å². The Bertz CT molecular complexity index is 443. The van der Waals surface area contributed by atoms with Crippen molar-refractivity contribution < 1.29 is 0 Å². The number of fused-ring (bicyclic) bond motifs is 1. The van der Waals surface area contributed by atoms with E-state index in [1.54, 1.807) is 0 Å². The minimum Gasteiger partial charge on any atom is -0.309 e. The lowest BCUT2D eigenvalue weighted by Crippen LogP contribution is -2.49. The molecule has 0 spiro atoms. The van der Waals surface area contributed by atoms with Crippen LogP contribution in [0.2, 0.25) is 0 Å². The first-order valence-corrected chi connectivity index (χ1v) is 7.56. The van der Waals surface area contributed by atoms with Crippen molar-refractivity contribution in [1.82, 2.24) is 5.32 Å². The summed E-state index contributed by atoms with van der Waals surface area (Å²) in [7, 11) is 0. The highest BCUT2D eigenvalue weighted by molar-refractivity contribution is 5.34. The van der Waals surface area contributed by atoms with Gasteiger partial charge in [0.05, 0.1) is 0 Å². The Kier molecular flexibility index (Phi) is 3.79. The van der Waals surface area contributed by atoms with Gasteiger partial charge in [-0.15, -0.1) is 0 Å². The van der Waals surface area contributed by atoms with Crippen molar-refractivity contribution in [1.29, 1.82) is 0 Å². The third kappa shape index (κ3) is 2.86. The lowest BCUT2D eigenvalue weighted by atomic mass is 9.64.